The Hall–Kier alpha value is -3.42. The Morgan fingerprint density at radius 2 is 1.70 bits per heavy atom. The Kier molecular flexibility index (Phi) is 5.79. The first-order valence-electron chi connectivity index (χ1n) is 8.03. The van der Waals surface area contributed by atoms with Crippen LogP contribution in [0.5, 0.6) is 5.75 Å². The van der Waals surface area contributed by atoms with Crippen LogP contribution in [0.1, 0.15) is 29.8 Å². The molecule has 0 aliphatic carbocycles. The van der Waals surface area contributed by atoms with E-state index < -0.39 is 22.2 Å². The minimum atomic E-state index is -1.29. The monoisotopic (exact) mass is 372 g/mol. The van der Waals surface area contributed by atoms with Crippen molar-refractivity contribution in [2.75, 3.05) is 19.5 Å². The average Bonchev–Trinajstić information content (AvgIpc) is 2.67. The van der Waals surface area contributed by atoms with Gasteiger partial charge in [-0.15, -0.1) is 0 Å². The van der Waals surface area contributed by atoms with E-state index in [2.05, 4.69) is 10.1 Å². The van der Waals surface area contributed by atoms with Crippen molar-refractivity contribution in [3.05, 3.63) is 63.7 Å². The fourth-order valence-electron chi connectivity index (χ4n) is 2.52. The van der Waals surface area contributed by atoms with Gasteiger partial charge in [-0.2, -0.15) is 0 Å². The molecule has 0 aromatic heterocycles. The number of hydrogen-bond donors (Lipinski definition) is 1. The number of methoxy groups -OCH3 is 2. The Labute approximate surface area is 156 Å². The zero-order valence-corrected chi connectivity index (χ0v) is 15.4. The lowest BCUT2D eigenvalue weighted by atomic mass is 9.81. The van der Waals surface area contributed by atoms with E-state index in [0.29, 0.717) is 11.4 Å². The lowest BCUT2D eigenvalue weighted by Crippen LogP contribution is -2.35. The summed E-state index contributed by atoms with van der Waals surface area (Å²) in [4.78, 5) is 35.5. The van der Waals surface area contributed by atoms with Crippen LogP contribution in [-0.2, 0) is 14.9 Å². The van der Waals surface area contributed by atoms with Gasteiger partial charge in [-0.3, -0.25) is 14.9 Å². The largest absolute Gasteiger partial charge is 0.497 e. The number of benzene rings is 2. The molecule has 0 radical (unpaired) electrons. The van der Waals surface area contributed by atoms with E-state index in [1.54, 1.807) is 38.1 Å². The van der Waals surface area contributed by atoms with Gasteiger partial charge >= 0.3 is 5.97 Å². The van der Waals surface area contributed by atoms with Gasteiger partial charge in [-0.1, -0.05) is 0 Å². The molecule has 142 valence electrons. The Morgan fingerprint density at radius 3 is 2.22 bits per heavy atom. The third kappa shape index (κ3) is 4.22. The fourth-order valence-corrected chi connectivity index (χ4v) is 2.52. The van der Waals surface area contributed by atoms with Crippen LogP contribution in [0, 0.1) is 10.1 Å². The predicted molar refractivity (Wildman–Crippen MR) is 99.1 cm³/mol. The fraction of sp³-hybridized carbons (Fsp3) is 0.263. The smallest absolute Gasteiger partial charge is 0.337 e. The van der Waals surface area contributed by atoms with Crippen molar-refractivity contribution in [1.82, 2.24) is 0 Å². The first-order valence-corrected chi connectivity index (χ1v) is 8.03. The third-order valence-corrected chi connectivity index (χ3v) is 4.20. The minimum Gasteiger partial charge on any atom is -0.497 e. The zero-order valence-electron chi connectivity index (χ0n) is 15.4. The van der Waals surface area contributed by atoms with Crippen molar-refractivity contribution < 1.29 is 24.0 Å². The first-order chi connectivity index (χ1) is 12.7. The molecule has 2 aromatic rings. The number of esters is 1. The SMILES string of the molecule is COC(=O)c1ccc([N+](=O)[O-])c(C(C)(C)C(=O)Nc2ccc(OC)cc2)c1. The van der Waals surface area contributed by atoms with Gasteiger partial charge in [0, 0.05) is 17.3 Å². The van der Waals surface area contributed by atoms with Crippen LogP contribution in [0.4, 0.5) is 11.4 Å². The Morgan fingerprint density at radius 1 is 1.07 bits per heavy atom. The lowest BCUT2D eigenvalue weighted by molar-refractivity contribution is -0.385. The van der Waals surface area contributed by atoms with E-state index >= 15 is 0 Å². The Balaban J connectivity index is 2.41. The molecule has 0 unspecified atom stereocenters. The zero-order chi connectivity index (χ0) is 20.2. The first kappa shape index (κ1) is 19.9. The third-order valence-electron chi connectivity index (χ3n) is 4.20. The number of carbonyl (C=O) groups excluding carboxylic acids is 2. The summed E-state index contributed by atoms with van der Waals surface area (Å²) in [5, 5.41) is 14.1. The van der Waals surface area contributed by atoms with E-state index in [0.717, 1.165) is 0 Å². The highest BCUT2D eigenvalue weighted by Gasteiger charge is 2.36. The van der Waals surface area contributed by atoms with Gasteiger partial charge < -0.3 is 14.8 Å². The molecule has 0 saturated heterocycles. The Bertz CT molecular complexity index is 874. The number of nitro benzene ring substituents is 1. The highest BCUT2D eigenvalue weighted by Crippen LogP contribution is 2.34. The molecule has 0 heterocycles. The van der Waals surface area contributed by atoms with Crippen molar-refractivity contribution in [1.29, 1.82) is 0 Å². The second kappa shape index (κ2) is 7.86. The van der Waals surface area contributed by atoms with Crippen LogP contribution in [0.25, 0.3) is 0 Å². The second-order valence-electron chi connectivity index (χ2n) is 6.29. The number of hydrogen-bond acceptors (Lipinski definition) is 6. The van der Waals surface area contributed by atoms with E-state index in [9.17, 15) is 19.7 Å². The molecule has 0 atom stereocenters. The van der Waals surface area contributed by atoms with Crippen LogP contribution in [0.2, 0.25) is 0 Å². The van der Waals surface area contributed by atoms with Crippen molar-refractivity contribution in [3.63, 3.8) is 0 Å². The number of nitro groups is 1. The normalized spacial score (nSPS) is 10.8. The lowest BCUT2D eigenvalue weighted by Gasteiger charge is -2.24. The summed E-state index contributed by atoms with van der Waals surface area (Å²) in [5.74, 6) is -0.469. The summed E-state index contributed by atoms with van der Waals surface area (Å²) in [6.07, 6.45) is 0. The second-order valence-corrected chi connectivity index (χ2v) is 6.29. The molecule has 2 aromatic carbocycles. The van der Waals surface area contributed by atoms with Crippen LogP contribution in [-0.4, -0.2) is 31.0 Å². The molecule has 8 nitrogen and oxygen atoms in total. The molecule has 0 spiro atoms. The standard InChI is InChI=1S/C19H20N2O6/c1-19(2,18(23)20-13-6-8-14(26-3)9-7-13)15-11-12(17(22)27-4)5-10-16(15)21(24)25/h5-11H,1-4H3,(H,20,23). The summed E-state index contributed by atoms with van der Waals surface area (Å²) < 4.78 is 9.73. The average molecular weight is 372 g/mol. The van der Waals surface area contributed by atoms with Crippen molar-refractivity contribution in [2.45, 2.75) is 19.3 Å². The molecular weight excluding hydrogens is 352 g/mol. The number of nitrogens with zero attached hydrogens (tertiary/aromatic N) is 1. The maximum atomic E-state index is 12.8. The number of carbonyl (C=O) groups is 2. The molecule has 1 amide bonds. The summed E-state index contributed by atoms with van der Waals surface area (Å²) in [6, 6.07) is 10.5. The number of anilines is 1. The van der Waals surface area contributed by atoms with Crippen LogP contribution in [0.15, 0.2) is 42.5 Å². The molecule has 0 aliphatic rings. The maximum absolute atomic E-state index is 12.8. The van der Waals surface area contributed by atoms with Crippen molar-refractivity contribution in [2.24, 2.45) is 0 Å². The summed E-state index contributed by atoms with van der Waals surface area (Å²) >= 11 is 0. The molecule has 8 heteroatoms. The summed E-state index contributed by atoms with van der Waals surface area (Å²) in [6.45, 7) is 3.10. The highest BCUT2D eigenvalue weighted by molar-refractivity contribution is 6.00. The van der Waals surface area contributed by atoms with Gasteiger partial charge in [0.15, 0.2) is 0 Å². The molecule has 2 rings (SSSR count). The van der Waals surface area contributed by atoms with Crippen LogP contribution in [0.3, 0.4) is 0 Å². The van der Waals surface area contributed by atoms with E-state index in [-0.39, 0.29) is 16.8 Å². The quantitative estimate of drug-likeness (QED) is 0.473. The number of rotatable bonds is 6. The molecule has 1 N–H and O–H groups in total. The topological polar surface area (TPSA) is 108 Å². The van der Waals surface area contributed by atoms with Gasteiger partial charge in [0.25, 0.3) is 5.69 Å². The summed E-state index contributed by atoms with van der Waals surface area (Å²) in [7, 11) is 2.75. The molecular formula is C19H20N2O6. The maximum Gasteiger partial charge on any atom is 0.337 e. The van der Waals surface area contributed by atoms with Gasteiger partial charge in [0.2, 0.25) is 5.91 Å². The van der Waals surface area contributed by atoms with Gasteiger partial charge in [-0.25, -0.2) is 4.79 Å². The van der Waals surface area contributed by atoms with E-state index in [1.165, 1.54) is 32.4 Å². The van der Waals surface area contributed by atoms with E-state index in [4.69, 9.17) is 4.74 Å². The van der Waals surface area contributed by atoms with Crippen LogP contribution >= 0.6 is 0 Å². The molecule has 0 bridgehead atoms. The van der Waals surface area contributed by atoms with E-state index in [1.807, 2.05) is 0 Å². The minimum absolute atomic E-state index is 0.112. The number of nitrogens with one attached hydrogen (secondary N) is 1. The number of amides is 1. The van der Waals surface area contributed by atoms with Gasteiger partial charge in [0.05, 0.1) is 30.1 Å². The molecule has 0 aliphatic heterocycles. The molecule has 0 saturated carbocycles. The highest BCUT2D eigenvalue weighted by atomic mass is 16.6. The molecule has 0 fully saturated rings. The van der Waals surface area contributed by atoms with Crippen LogP contribution < -0.4 is 10.1 Å². The molecule has 27 heavy (non-hydrogen) atoms. The van der Waals surface area contributed by atoms with Crippen molar-refractivity contribution in [3.8, 4) is 5.75 Å². The van der Waals surface area contributed by atoms with Crippen molar-refractivity contribution >= 4 is 23.3 Å². The summed E-state index contributed by atoms with van der Waals surface area (Å²) in [5.41, 5.74) is -0.783. The predicted octanol–water partition coefficient (Wildman–Crippen LogP) is 3.31. The van der Waals surface area contributed by atoms with Gasteiger partial charge in [-0.05, 0) is 50.2 Å². The number of ether oxygens (including phenoxy) is 2. The van der Waals surface area contributed by atoms with Gasteiger partial charge in [0.1, 0.15) is 5.75 Å².